The molecule has 1 heterocycles. The first-order valence-corrected chi connectivity index (χ1v) is 10.4. The number of carbonyl (C=O) groups is 1. The second kappa shape index (κ2) is 7.55. The van der Waals surface area contributed by atoms with Crippen molar-refractivity contribution < 1.29 is 13.2 Å². The third-order valence-corrected chi connectivity index (χ3v) is 6.34. The van der Waals surface area contributed by atoms with Gasteiger partial charge in [0, 0.05) is 24.8 Å². The summed E-state index contributed by atoms with van der Waals surface area (Å²) in [6, 6.07) is 6.10. The molecule has 24 heavy (non-hydrogen) atoms. The van der Waals surface area contributed by atoms with Crippen molar-refractivity contribution in [1.82, 2.24) is 4.90 Å². The zero-order valence-corrected chi connectivity index (χ0v) is 15.9. The number of aryl methyl sites for hydroxylation is 2. The van der Waals surface area contributed by atoms with Gasteiger partial charge in [-0.1, -0.05) is 6.07 Å². The van der Waals surface area contributed by atoms with Crippen molar-refractivity contribution in [1.29, 1.82) is 0 Å². The van der Waals surface area contributed by atoms with Crippen LogP contribution in [0.2, 0.25) is 0 Å². The van der Waals surface area contributed by atoms with Gasteiger partial charge in [-0.15, -0.1) is 0 Å². The number of nitrogens with zero attached hydrogens (tertiary/aromatic N) is 2. The molecule has 0 aliphatic carbocycles. The summed E-state index contributed by atoms with van der Waals surface area (Å²) >= 11 is 0. The van der Waals surface area contributed by atoms with Gasteiger partial charge in [-0.05, 0) is 57.4 Å². The summed E-state index contributed by atoms with van der Waals surface area (Å²) in [5.74, 6) is 0.291. The fraction of sp³-hybridized carbons (Fsp3) is 0.611. The second-order valence-corrected chi connectivity index (χ2v) is 8.83. The minimum absolute atomic E-state index is 0.000564. The summed E-state index contributed by atoms with van der Waals surface area (Å²) in [4.78, 5) is 16.6. The van der Waals surface area contributed by atoms with E-state index in [0.717, 1.165) is 12.2 Å². The highest BCUT2D eigenvalue weighted by Gasteiger charge is 2.34. The molecule has 1 unspecified atom stereocenters. The molecular formula is C18H28N2O3S. The Balaban J connectivity index is 2.12. The first kappa shape index (κ1) is 18.8. The van der Waals surface area contributed by atoms with Gasteiger partial charge in [-0.2, -0.15) is 0 Å². The Morgan fingerprint density at radius 1 is 1.12 bits per heavy atom. The smallest absolute Gasteiger partial charge is 0.242 e. The fourth-order valence-electron chi connectivity index (χ4n) is 3.43. The van der Waals surface area contributed by atoms with Gasteiger partial charge in [0.1, 0.15) is 0 Å². The highest BCUT2D eigenvalue weighted by Crippen LogP contribution is 2.21. The summed E-state index contributed by atoms with van der Waals surface area (Å²) in [6.07, 6.45) is 0.553. The first-order valence-electron chi connectivity index (χ1n) is 8.59. The molecule has 0 spiro atoms. The van der Waals surface area contributed by atoms with Crippen LogP contribution in [0.3, 0.4) is 0 Å². The molecule has 1 atom stereocenters. The molecule has 134 valence electrons. The third-order valence-electron chi connectivity index (χ3n) is 4.59. The Hall–Kier alpha value is -1.56. The number of amides is 1. The fourth-order valence-corrected chi connectivity index (χ4v) is 5.16. The number of rotatable bonds is 6. The van der Waals surface area contributed by atoms with E-state index < -0.39 is 9.84 Å². The standard InChI is InChI=1S/C18H28N2O3S/c1-5-19(17-10-14(3)9-15(4)11-17)12-18(21)20(6-2)16-7-8-24(22,23)13-16/h9-11,16H,5-8,12-13H2,1-4H3. The molecule has 6 heteroatoms. The molecule has 1 aromatic rings. The van der Waals surface area contributed by atoms with Gasteiger partial charge in [-0.3, -0.25) is 4.79 Å². The summed E-state index contributed by atoms with van der Waals surface area (Å²) in [7, 11) is -2.99. The second-order valence-electron chi connectivity index (χ2n) is 6.60. The van der Waals surface area contributed by atoms with E-state index in [4.69, 9.17) is 0 Å². The van der Waals surface area contributed by atoms with E-state index in [1.807, 2.05) is 27.7 Å². The Labute approximate surface area is 145 Å². The highest BCUT2D eigenvalue weighted by molar-refractivity contribution is 7.91. The maximum Gasteiger partial charge on any atom is 0.242 e. The van der Waals surface area contributed by atoms with Gasteiger partial charge in [-0.25, -0.2) is 8.42 Å². The molecule has 1 aromatic carbocycles. The van der Waals surface area contributed by atoms with Crippen LogP contribution in [0.25, 0.3) is 0 Å². The predicted molar refractivity (Wildman–Crippen MR) is 98.2 cm³/mol. The van der Waals surface area contributed by atoms with Gasteiger partial charge in [0.25, 0.3) is 0 Å². The molecule has 1 aliphatic heterocycles. The van der Waals surface area contributed by atoms with E-state index in [1.54, 1.807) is 4.90 Å². The molecular weight excluding hydrogens is 324 g/mol. The largest absolute Gasteiger partial charge is 0.362 e. The Bertz CT molecular complexity index is 680. The summed E-state index contributed by atoms with van der Waals surface area (Å²) < 4.78 is 23.4. The van der Waals surface area contributed by atoms with E-state index >= 15 is 0 Å². The Kier molecular flexibility index (Phi) is 5.91. The lowest BCUT2D eigenvalue weighted by Crippen LogP contribution is -2.46. The molecule has 1 amide bonds. The van der Waals surface area contributed by atoms with Crippen molar-refractivity contribution >= 4 is 21.4 Å². The van der Waals surface area contributed by atoms with Crippen molar-refractivity contribution in [2.75, 3.05) is 36.0 Å². The molecule has 0 radical (unpaired) electrons. The SMILES string of the molecule is CCN(CC(=O)N(CC)C1CCS(=O)(=O)C1)c1cc(C)cc(C)c1. The van der Waals surface area contributed by atoms with Crippen LogP contribution in [0.4, 0.5) is 5.69 Å². The lowest BCUT2D eigenvalue weighted by atomic mass is 10.1. The number of carbonyl (C=O) groups excluding carboxylic acids is 1. The Morgan fingerprint density at radius 3 is 2.21 bits per heavy atom. The van der Waals surface area contributed by atoms with E-state index in [9.17, 15) is 13.2 Å². The van der Waals surface area contributed by atoms with Crippen molar-refractivity contribution in [2.45, 2.75) is 40.2 Å². The lowest BCUT2D eigenvalue weighted by molar-refractivity contribution is -0.131. The summed E-state index contributed by atoms with van der Waals surface area (Å²) in [5.41, 5.74) is 3.38. The predicted octanol–water partition coefficient (Wildman–Crippen LogP) is 2.17. The average Bonchev–Trinajstić information content (AvgIpc) is 2.84. The third kappa shape index (κ3) is 4.50. The summed E-state index contributed by atoms with van der Waals surface area (Å²) in [6.45, 7) is 9.60. The normalized spacial score (nSPS) is 19.2. The molecule has 1 fully saturated rings. The van der Waals surface area contributed by atoms with Crippen LogP contribution >= 0.6 is 0 Å². The van der Waals surface area contributed by atoms with E-state index in [2.05, 4.69) is 23.1 Å². The zero-order valence-electron chi connectivity index (χ0n) is 15.1. The number of likely N-dealkylation sites (N-methyl/N-ethyl adjacent to an activating group) is 2. The zero-order chi connectivity index (χ0) is 17.9. The summed E-state index contributed by atoms with van der Waals surface area (Å²) in [5, 5.41) is 0. The topological polar surface area (TPSA) is 57.7 Å². The minimum Gasteiger partial charge on any atom is -0.362 e. The quantitative estimate of drug-likeness (QED) is 0.787. The maximum atomic E-state index is 12.8. The molecule has 1 saturated heterocycles. The molecule has 2 rings (SSSR count). The number of benzene rings is 1. The van der Waals surface area contributed by atoms with Gasteiger partial charge >= 0.3 is 0 Å². The molecule has 0 N–H and O–H groups in total. The van der Waals surface area contributed by atoms with Crippen molar-refractivity contribution in [2.24, 2.45) is 0 Å². The van der Waals surface area contributed by atoms with Gasteiger partial charge < -0.3 is 9.80 Å². The molecule has 0 saturated carbocycles. The Morgan fingerprint density at radius 2 is 1.75 bits per heavy atom. The lowest BCUT2D eigenvalue weighted by Gasteiger charge is -2.31. The highest BCUT2D eigenvalue weighted by atomic mass is 32.2. The van der Waals surface area contributed by atoms with Crippen molar-refractivity contribution in [3.8, 4) is 0 Å². The molecule has 5 nitrogen and oxygen atoms in total. The number of sulfone groups is 1. The average molecular weight is 353 g/mol. The van der Waals surface area contributed by atoms with Crippen LogP contribution in [-0.2, 0) is 14.6 Å². The number of anilines is 1. The molecule has 0 aromatic heterocycles. The van der Waals surface area contributed by atoms with Crippen LogP contribution in [0.5, 0.6) is 0 Å². The molecule has 1 aliphatic rings. The van der Waals surface area contributed by atoms with Crippen LogP contribution in [0.1, 0.15) is 31.4 Å². The van der Waals surface area contributed by atoms with Gasteiger partial charge in [0.2, 0.25) is 5.91 Å². The van der Waals surface area contributed by atoms with Crippen LogP contribution < -0.4 is 4.90 Å². The van der Waals surface area contributed by atoms with E-state index in [-0.39, 0.29) is 30.0 Å². The van der Waals surface area contributed by atoms with Gasteiger partial charge in [0.15, 0.2) is 9.84 Å². The number of hydrogen-bond donors (Lipinski definition) is 0. The first-order chi connectivity index (χ1) is 11.3. The minimum atomic E-state index is -2.99. The monoisotopic (exact) mass is 352 g/mol. The van der Waals surface area contributed by atoms with Crippen molar-refractivity contribution in [3.63, 3.8) is 0 Å². The van der Waals surface area contributed by atoms with E-state index in [0.29, 0.717) is 13.0 Å². The van der Waals surface area contributed by atoms with E-state index in [1.165, 1.54) is 11.1 Å². The van der Waals surface area contributed by atoms with Crippen LogP contribution in [0, 0.1) is 13.8 Å². The van der Waals surface area contributed by atoms with Crippen molar-refractivity contribution in [3.05, 3.63) is 29.3 Å². The number of hydrogen-bond acceptors (Lipinski definition) is 4. The van der Waals surface area contributed by atoms with Gasteiger partial charge in [0.05, 0.1) is 18.1 Å². The van der Waals surface area contributed by atoms with Crippen LogP contribution in [0.15, 0.2) is 18.2 Å². The molecule has 0 bridgehead atoms. The van der Waals surface area contributed by atoms with Crippen LogP contribution in [-0.4, -0.2) is 56.4 Å². The maximum absolute atomic E-state index is 12.8.